The number of rotatable bonds is 5. The number of nitrogens with zero attached hydrogens (tertiary/aromatic N) is 3. The molecule has 1 aromatic heterocycles. The summed E-state index contributed by atoms with van der Waals surface area (Å²) in [6.45, 7) is 14.8. The van der Waals surface area contributed by atoms with Crippen LogP contribution in [0.25, 0.3) is 10.9 Å². The number of hydrogen-bond donors (Lipinski definition) is 1. The van der Waals surface area contributed by atoms with Gasteiger partial charge in [0.2, 0.25) is 5.91 Å². The lowest BCUT2D eigenvalue weighted by Crippen LogP contribution is -2.23. The summed E-state index contributed by atoms with van der Waals surface area (Å²) >= 11 is 0. The van der Waals surface area contributed by atoms with E-state index in [4.69, 9.17) is 0 Å². The minimum Gasteiger partial charge on any atom is -0.359 e. The van der Waals surface area contributed by atoms with E-state index < -0.39 is 0 Å². The van der Waals surface area contributed by atoms with Gasteiger partial charge in [0.25, 0.3) is 0 Å². The van der Waals surface area contributed by atoms with Crippen LogP contribution in [0.5, 0.6) is 0 Å². The van der Waals surface area contributed by atoms with Gasteiger partial charge in [0.1, 0.15) is 12.1 Å². The zero-order valence-electron chi connectivity index (χ0n) is 18.2. The first-order valence-corrected chi connectivity index (χ1v) is 9.75. The fourth-order valence-corrected chi connectivity index (χ4v) is 2.17. The molecule has 2 aromatic rings. The quantitative estimate of drug-likeness (QED) is 0.815. The molecule has 1 heterocycles. The van der Waals surface area contributed by atoms with Crippen LogP contribution >= 0.6 is 0 Å². The lowest BCUT2D eigenvalue weighted by molar-refractivity contribution is -0.120. The minimum atomic E-state index is 0.0711. The molecule has 1 aromatic carbocycles. The number of hydrogen-bond acceptors (Lipinski definition) is 4. The summed E-state index contributed by atoms with van der Waals surface area (Å²) in [6, 6.07) is 6.15. The Morgan fingerprint density at radius 1 is 1.08 bits per heavy atom. The topological polar surface area (TPSA) is 58.1 Å². The molecule has 148 valence electrons. The Morgan fingerprint density at radius 2 is 1.69 bits per heavy atom. The first-order chi connectivity index (χ1) is 12.6. The Kier molecular flexibility index (Phi) is 16.3. The molecule has 0 fully saturated rings. The largest absolute Gasteiger partial charge is 0.359 e. The zero-order valence-corrected chi connectivity index (χ0v) is 18.2. The van der Waals surface area contributed by atoms with E-state index in [2.05, 4.69) is 33.2 Å². The molecule has 0 radical (unpaired) electrons. The molecule has 0 spiro atoms. The summed E-state index contributed by atoms with van der Waals surface area (Å²) in [7, 11) is 3.65. The first kappa shape index (κ1) is 26.1. The average Bonchev–Trinajstić information content (AvgIpc) is 2.71. The molecule has 26 heavy (non-hydrogen) atoms. The van der Waals surface area contributed by atoms with Gasteiger partial charge < -0.3 is 10.2 Å². The van der Waals surface area contributed by atoms with Crippen LogP contribution in [0.2, 0.25) is 0 Å². The van der Waals surface area contributed by atoms with Crippen molar-refractivity contribution in [2.75, 3.05) is 25.5 Å². The van der Waals surface area contributed by atoms with Crippen LogP contribution < -0.4 is 10.2 Å². The predicted octanol–water partition coefficient (Wildman–Crippen LogP) is 4.98. The lowest BCUT2D eigenvalue weighted by Gasteiger charge is -2.19. The molecule has 0 bridgehead atoms. The van der Waals surface area contributed by atoms with E-state index in [1.54, 1.807) is 13.4 Å². The third kappa shape index (κ3) is 8.79. The highest BCUT2D eigenvalue weighted by atomic mass is 16.1. The number of carbonyl (C=O) groups is 1. The van der Waals surface area contributed by atoms with Crippen LogP contribution in [0, 0.1) is 6.92 Å². The highest BCUT2D eigenvalue weighted by Crippen LogP contribution is 2.23. The molecule has 0 unspecified atom stereocenters. The van der Waals surface area contributed by atoms with Gasteiger partial charge in [0.15, 0.2) is 0 Å². The minimum absolute atomic E-state index is 0.0711. The molecule has 0 atom stereocenters. The van der Waals surface area contributed by atoms with Crippen molar-refractivity contribution in [3.8, 4) is 0 Å². The van der Waals surface area contributed by atoms with Crippen molar-refractivity contribution in [3.63, 3.8) is 0 Å². The smallest absolute Gasteiger partial charge is 0.219 e. The van der Waals surface area contributed by atoms with E-state index in [9.17, 15) is 4.79 Å². The number of carbonyl (C=O) groups excluding carboxylic acids is 1. The summed E-state index contributed by atoms with van der Waals surface area (Å²) < 4.78 is 0. The van der Waals surface area contributed by atoms with Gasteiger partial charge in [-0.3, -0.25) is 4.79 Å². The molecule has 0 aliphatic carbocycles. The Morgan fingerprint density at radius 3 is 2.27 bits per heavy atom. The summed E-state index contributed by atoms with van der Waals surface area (Å²) in [5.41, 5.74) is 2.13. The van der Waals surface area contributed by atoms with Gasteiger partial charge in [0, 0.05) is 32.4 Å². The normalized spacial score (nSPS) is 8.81. The van der Waals surface area contributed by atoms with Gasteiger partial charge in [-0.2, -0.15) is 0 Å². The summed E-state index contributed by atoms with van der Waals surface area (Å²) in [5.74, 6) is 0.984. The third-order valence-corrected chi connectivity index (χ3v) is 3.31. The molecule has 0 aliphatic rings. The van der Waals surface area contributed by atoms with E-state index in [1.807, 2.05) is 60.7 Å². The van der Waals surface area contributed by atoms with Crippen molar-refractivity contribution < 1.29 is 4.79 Å². The van der Waals surface area contributed by atoms with Crippen LogP contribution in [0.3, 0.4) is 0 Å². The van der Waals surface area contributed by atoms with Gasteiger partial charge in [-0.15, -0.1) is 0 Å². The van der Waals surface area contributed by atoms with E-state index in [0.29, 0.717) is 6.42 Å². The molecule has 5 nitrogen and oxygen atoms in total. The Bertz CT molecular complexity index is 614. The van der Waals surface area contributed by atoms with Crippen LogP contribution in [0.15, 0.2) is 24.5 Å². The van der Waals surface area contributed by atoms with Gasteiger partial charge in [-0.1, -0.05) is 53.2 Å². The number of benzene rings is 1. The van der Waals surface area contributed by atoms with Crippen LogP contribution in [0.1, 0.15) is 59.9 Å². The highest BCUT2D eigenvalue weighted by molar-refractivity contribution is 5.89. The number of amides is 1. The zero-order chi connectivity index (χ0) is 20.5. The van der Waals surface area contributed by atoms with Crippen LogP contribution in [-0.2, 0) is 4.79 Å². The molecule has 0 aliphatic heterocycles. The fraction of sp³-hybridized carbons (Fsp3) is 0.571. The van der Waals surface area contributed by atoms with Crippen molar-refractivity contribution in [2.24, 2.45) is 0 Å². The maximum atomic E-state index is 11.2. The Labute approximate surface area is 160 Å². The van der Waals surface area contributed by atoms with E-state index >= 15 is 0 Å². The predicted molar refractivity (Wildman–Crippen MR) is 115 cm³/mol. The fourth-order valence-electron chi connectivity index (χ4n) is 2.17. The van der Waals surface area contributed by atoms with Gasteiger partial charge in [-0.05, 0) is 25.5 Å². The second kappa shape index (κ2) is 16.3. The monoisotopic (exact) mass is 362 g/mol. The van der Waals surface area contributed by atoms with Gasteiger partial charge in [-0.25, -0.2) is 9.97 Å². The number of nitrogens with one attached hydrogen (secondary N) is 1. The molecular weight excluding hydrogens is 324 g/mol. The molecule has 5 heteroatoms. The standard InChI is InChI=1S/C15H20N4O.3C2H6/c1-11-6-7-13-12(9-11)15(18-10-17-13)19(3)8-4-5-14(20)16-2;3*1-2/h6-7,9-10H,4-5,8H2,1-3H3,(H,16,20);3*1-2H3. The van der Waals surface area contributed by atoms with E-state index in [1.165, 1.54) is 5.56 Å². The second-order valence-electron chi connectivity index (χ2n) is 4.92. The van der Waals surface area contributed by atoms with E-state index in [-0.39, 0.29) is 5.91 Å². The Hall–Kier alpha value is -2.17. The van der Waals surface area contributed by atoms with Gasteiger partial charge in [0.05, 0.1) is 5.52 Å². The van der Waals surface area contributed by atoms with E-state index in [0.717, 1.165) is 29.7 Å². The summed E-state index contributed by atoms with van der Waals surface area (Å²) in [5, 5.41) is 3.68. The van der Waals surface area contributed by atoms with Crippen molar-refractivity contribution in [1.29, 1.82) is 0 Å². The van der Waals surface area contributed by atoms with Crippen molar-refractivity contribution >= 4 is 22.6 Å². The molecule has 1 N–H and O–H groups in total. The molecule has 2 rings (SSSR count). The number of anilines is 1. The summed E-state index contributed by atoms with van der Waals surface area (Å²) in [6.07, 6.45) is 2.92. The summed E-state index contributed by atoms with van der Waals surface area (Å²) in [4.78, 5) is 22.0. The number of aryl methyl sites for hydroxylation is 1. The third-order valence-electron chi connectivity index (χ3n) is 3.31. The SMILES string of the molecule is CC.CC.CC.CNC(=O)CCCN(C)c1ncnc2ccc(C)cc12. The Balaban J connectivity index is 0. The highest BCUT2D eigenvalue weighted by Gasteiger charge is 2.09. The molecule has 1 amide bonds. The maximum Gasteiger partial charge on any atom is 0.219 e. The van der Waals surface area contributed by atoms with Gasteiger partial charge >= 0.3 is 0 Å². The number of aromatic nitrogens is 2. The first-order valence-electron chi connectivity index (χ1n) is 9.75. The van der Waals surface area contributed by atoms with Crippen molar-refractivity contribution in [2.45, 2.75) is 61.3 Å². The van der Waals surface area contributed by atoms with Crippen molar-refractivity contribution in [3.05, 3.63) is 30.1 Å². The van der Waals surface area contributed by atoms with Crippen molar-refractivity contribution in [1.82, 2.24) is 15.3 Å². The number of fused-ring (bicyclic) bond motifs is 1. The second-order valence-corrected chi connectivity index (χ2v) is 4.92. The van der Waals surface area contributed by atoms with Crippen LogP contribution in [0.4, 0.5) is 5.82 Å². The maximum absolute atomic E-state index is 11.2. The average molecular weight is 363 g/mol. The molecule has 0 saturated carbocycles. The van der Waals surface area contributed by atoms with Crippen LogP contribution in [-0.4, -0.2) is 36.5 Å². The lowest BCUT2D eigenvalue weighted by atomic mass is 10.1. The molecular formula is C21H38N4O. The molecule has 0 saturated heterocycles.